The number of nitriles is 1. The lowest BCUT2D eigenvalue weighted by Gasteiger charge is -2.15. The van der Waals surface area contributed by atoms with Gasteiger partial charge in [0.1, 0.15) is 11.5 Å². The van der Waals surface area contributed by atoms with Crippen LogP contribution in [0.15, 0.2) is 73.1 Å². The molecule has 2 N–H and O–H groups in total. The maximum atomic E-state index is 13.6. The number of primary amides is 1. The molecule has 10 nitrogen and oxygen atoms in total. The van der Waals surface area contributed by atoms with E-state index < -0.39 is 5.91 Å². The zero-order valence-electron chi connectivity index (χ0n) is 22.8. The van der Waals surface area contributed by atoms with Crippen molar-refractivity contribution >= 4 is 33.4 Å². The van der Waals surface area contributed by atoms with Crippen molar-refractivity contribution in [3.8, 4) is 23.4 Å². The van der Waals surface area contributed by atoms with Crippen molar-refractivity contribution in [1.82, 2.24) is 19.7 Å². The first-order chi connectivity index (χ1) is 20.5. The van der Waals surface area contributed by atoms with Crippen LogP contribution in [0.2, 0.25) is 0 Å². The average molecular weight is 561 g/mol. The van der Waals surface area contributed by atoms with Gasteiger partial charge in [-0.2, -0.15) is 10.4 Å². The maximum absolute atomic E-state index is 13.6. The predicted molar refractivity (Wildman–Crippen MR) is 157 cm³/mol. The number of benzene rings is 3. The molecule has 1 aliphatic heterocycles. The first-order valence-corrected chi connectivity index (χ1v) is 13.7. The van der Waals surface area contributed by atoms with Crippen LogP contribution < -0.4 is 15.2 Å². The second-order valence-electron chi connectivity index (χ2n) is 10.2. The van der Waals surface area contributed by atoms with E-state index in [1.165, 1.54) is 12.8 Å². The van der Waals surface area contributed by atoms with Crippen LogP contribution in [0.1, 0.15) is 39.1 Å². The molecule has 0 aliphatic carbocycles. The van der Waals surface area contributed by atoms with E-state index in [9.17, 15) is 14.9 Å². The van der Waals surface area contributed by atoms with Crippen LogP contribution in [0.5, 0.6) is 17.4 Å². The van der Waals surface area contributed by atoms with E-state index in [2.05, 4.69) is 25.7 Å². The van der Waals surface area contributed by atoms with Crippen molar-refractivity contribution in [3.63, 3.8) is 0 Å². The number of likely N-dealkylation sites (tertiary alicyclic amines) is 1. The highest BCUT2D eigenvalue weighted by molar-refractivity contribution is 6.09. The van der Waals surface area contributed by atoms with Gasteiger partial charge < -0.3 is 24.7 Å². The molecule has 1 amide bonds. The molecule has 10 heteroatoms. The van der Waals surface area contributed by atoms with Gasteiger partial charge in [0.05, 0.1) is 22.7 Å². The lowest BCUT2D eigenvalue weighted by atomic mass is 10.0. The molecular weight excluding hydrogens is 532 g/mol. The number of fused-ring (bicyclic) bond motifs is 2. The van der Waals surface area contributed by atoms with Gasteiger partial charge in [0, 0.05) is 48.6 Å². The molecule has 0 radical (unpaired) electrons. The predicted octanol–water partition coefficient (Wildman–Crippen LogP) is 4.70. The van der Waals surface area contributed by atoms with E-state index in [0.717, 1.165) is 35.9 Å². The van der Waals surface area contributed by atoms with Crippen LogP contribution in [0.25, 0.3) is 21.7 Å². The fourth-order valence-corrected chi connectivity index (χ4v) is 5.34. The normalized spacial score (nSPS) is 13.3. The third kappa shape index (κ3) is 5.64. The Morgan fingerprint density at radius 2 is 1.83 bits per heavy atom. The Morgan fingerprint density at radius 1 is 0.976 bits per heavy atom. The summed E-state index contributed by atoms with van der Waals surface area (Å²) in [6, 6.07) is 19.5. The molecule has 1 aliphatic rings. The van der Waals surface area contributed by atoms with Crippen LogP contribution in [0, 0.1) is 11.3 Å². The van der Waals surface area contributed by atoms with Crippen molar-refractivity contribution in [2.75, 3.05) is 26.2 Å². The minimum absolute atomic E-state index is 0.143. The highest BCUT2D eigenvalue weighted by atomic mass is 16.5. The van der Waals surface area contributed by atoms with Gasteiger partial charge in [-0.15, -0.1) is 5.10 Å². The molecule has 42 heavy (non-hydrogen) atoms. The Labute approximate surface area is 241 Å². The molecule has 3 heterocycles. The second-order valence-corrected chi connectivity index (χ2v) is 10.2. The number of ketones is 1. The Bertz CT molecular complexity index is 1840. The monoisotopic (exact) mass is 560 g/mol. The zero-order valence-corrected chi connectivity index (χ0v) is 22.8. The Kier molecular flexibility index (Phi) is 7.49. The van der Waals surface area contributed by atoms with E-state index >= 15 is 0 Å². The SMILES string of the molecule is N#Cc1ccc2cc(OCC(=O)c3cn(CCN4CCCC4)c4cc(Oc5cccnn5)ccc34)c(C(N)=O)cc2c1. The van der Waals surface area contributed by atoms with Crippen LogP contribution in [-0.2, 0) is 6.54 Å². The number of hydrogen-bond acceptors (Lipinski definition) is 8. The summed E-state index contributed by atoms with van der Waals surface area (Å²) in [4.78, 5) is 28.2. The van der Waals surface area contributed by atoms with Crippen molar-refractivity contribution in [2.45, 2.75) is 19.4 Å². The zero-order chi connectivity index (χ0) is 29.1. The van der Waals surface area contributed by atoms with Crippen LogP contribution >= 0.6 is 0 Å². The van der Waals surface area contributed by atoms with Gasteiger partial charge in [0.25, 0.3) is 5.91 Å². The van der Waals surface area contributed by atoms with E-state index in [4.69, 9.17) is 15.2 Å². The molecule has 3 aromatic carbocycles. The number of nitrogens with zero attached hydrogens (tertiary/aromatic N) is 5. The van der Waals surface area contributed by atoms with Gasteiger partial charge in [0.15, 0.2) is 6.61 Å². The van der Waals surface area contributed by atoms with Gasteiger partial charge >= 0.3 is 0 Å². The molecule has 1 fully saturated rings. The van der Waals surface area contributed by atoms with Crippen molar-refractivity contribution in [2.24, 2.45) is 5.73 Å². The largest absolute Gasteiger partial charge is 0.485 e. The molecule has 0 spiro atoms. The molecule has 0 unspecified atom stereocenters. The van der Waals surface area contributed by atoms with Gasteiger partial charge in [-0.05, 0) is 79.2 Å². The second kappa shape index (κ2) is 11.7. The summed E-state index contributed by atoms with van der Waals surface area (Å²) in [5.74, 6) is 0.251. The quantitative estimate of drug-likeness (QED) is 0.243. The van der Waals surface area contributed by atoms with Gasteiger partial charge in [-0.3, -0.25) is 9.59 Å². The van der Waals surface area contributed by atoms with E-state index in [-0.39, 0.29) is 23.7 Å². The number of nitrogens with two attached hydrogens (primary N) is 1. The van der Waals surface area contributed by atoms with Crippen LogP contribution in [0.4, 0.5) is 0 Å². The number of rotatable bonds is 10. The Balaban J connectivity index is 1.28. The molecule has 0 saturated carbocycles. The fourth-order valence-electron chi connectivity index (χ4n) is 5.34. The fraction of sp³-hybridized carbons (Fsp3) is 0.219. The summed E-state index contributed by atoms with van der Waals surface area (Å²) in [6.45, 7) is 3.44. The Morgan fingerprint density at radius 3 is 2.60 bits per heavy atom. The highest BCUT2D eigenvalue weighted by Crippen LogP contribution is 2.30. The lowest BCUT2D eigenvalue weighted by molar-refractivity contribution is 0.0913. The standard InChI is InChI=1S/C32H28N6O4/c33-18-21-5-6-22-16-30(26(32(34)40)15-23(22)14-21)41-20-29(39)27-19-38(13-12-37-10-1-2-11-37)28-17-24(7-8-25(27)28)42-31-4-3-9-35-36-31/h3-9,14-17,19H,1-2,10-13,20H2,(H2,34,40). The molecule has 0 atom stereocenters. The molecule has 6 rings (SSSR count). The third-order valence-corrected chi connectivity index (χ3v) is 7.47. The first-order valence-electron chi connectivity index (χ1n) is 13.7. The van der Waals surface area contributed by atoms with E-state index in [1.54, 1.807) is 54.7 Å². The van der Waals surface area contributed by atoms with E-state index in [1.807, 2.05) is 18.3 Å². The van der Waals surface area contributed by atoms with Gasteiger partial charge in [-0.1, -0.05) is 6.07 Å². The molecule has 210 valence electrons. The summed E-state index contributed by atoms with van der Waals surface area (Å²) in [5, 5.41) is 19.3. The molecule has 1 saturated heterocycles. The van der Waals surface area contributed by atoms with Crippen molar-refractivity contribution in [3.05, 3.63) is 89.7 Å². The Hall–Kier alpha value is -5.27. The highest BCUT2D eigenvalue weighted by Gasteiger charge is 2.20. The maximum Gasteiger partial charge on any atom is 0.252 e. The number of hydrogen-bond donors (Lipinski definition) is 1. The van der Waals surface area contributed by atoms with Crippen LogP contribution in [0.3, 0.4) is 0 Å². The van der Waals surface area contributed by atoms with Crippen molar-refractivity contribution < 1.29 is 19.1 Å². The minimum Gasteiger partial charge on any atom is -0.485 e. The van der Waals surface area contributed by atoms with E-state index in [0.29, 0.717) is 34.7 Å². The molecule has 0 bridgehead atoms. The molecular formula is C32H28N6O4. The minimum atomic E-state index is -0.684. The van der Waals surface area contributed by atoms with Gasteiger partial charge in [-0.25, -0.2) is 0 Å². The number of aromatic nitrogens is 3. The number of carbonyl (C=O) groups is 2. The first kappa shape index (κ1) is 26.9. The number of Topliss-reactive ketones (excluding diaryl/α,β-unsaturated/α-hetero) is 1. The van der Waals surface area contributed by atoms with Crippen LogP contribution in [-0.4, -0.2) is 57.6 Å². The summed E-state index contributed by atoms with van der Waals surface area (Å²) in [5.41, 5.74) is 7.61. The summed E-state index contributed by atoms with van der Waals surface area (Å²) >= 11 is 0. The topological polar surface area (TPSA) is 136 Å². The molecule has 5 aromatic rings. The average Bonchev–Trinajstić information content (AvgIpc) is 3.66. The number of carbonyl (C=O) groups excluding carboxylic acids is 2. The molecule has 2 aromatic heterocycles. The van der Waals surface area contributed by atoms with Gasteiger partial charge in [0.2, 0.25) is 11.7 Å². The smallest absolute Gasteiger partial charge is 0.252 e. The third-order valence-electron chi connectivity index (χ3n) is 7.47. The van der Waals surface area contributed by atoms with Crippen molar-refractivity contribution in [1.29, 1.82) is 5.26 Å². The lowest BCUT2D eigenvalue weighted by Crippen LogP contribution is -2.23. The summed E-state index contributed by atoms with van der Waals surface area (Å²) in [7, 11) is 0. The summed E-state index contributed by atoms with van der Waals surface area (Å²) in [6.07, 6.45) is 5.84. The number of ether oxygens (including phenoxy) is 2. The summed E-state index contributed by atoms with van der Waals surface area (Å²) < 4.78 is 13.9. The number of amides is 1.